The summed E-state index contributed by atoms with van der Waals surface area (Å²) in [6, 6.07) is 6.73. The lowest BCUT2D eigenvalue weighted by atomic mass is 9.94. The lowest BCUT2D eigenvalue weighted by molar-refractivity contribution is -0.123. The van der Waals surface area contributed by atoms with Gasteiger partial charge in [-0.15, -0.1) is 0 Å². The van der Waals surface area contributed by atoms with E-state index in [1.54, 1.807) is 24.4 Å². The van der Waals surface area contributed by atoms with Gasteiger partial charge in [-0.1, -0.05) is 12.1 Å². The summed E-state index contributed by atoms with van der Waals surface area (Å²) in [5.74, 6) is -0.975. The molecular formula is C19H23F3N4O3S. The predicted molar refractivity (Wildman–Crippen MR) is 104 cm³/mol. The molecule has 7 nitrogen and oxygen atoms in total. The molecule has 1 aromatic heterocycles. The minimum Gasteiger partial charge on any atom is -0.342 e. The topological polar surface area (TPSA) is 95.2 Å². The number of sulfonamides is 1. The Morgan fingerprint density at radius 1 is 1.23 bits per heavy atom. The Balaban J connectivity index is 1.64. The van der Waals surface area contributed by atoms with E-state index in [-0.39, 0.29) is 11.6 Å². The quantitative estimate of drug-likeness (QED) is 0.741. The van der Waals surface area contributed by atoms with Crippen molar-refractivity contribution < 1.29 is 26.4 Å². The van der Waals surface area contributed by atoms with Crippen molar-refractivity contribution >= 4 is 15.9 Å². The summed E-state index contributed by atoms with van der Waals surface area (Å²) in [5, 5.41) is 8.26. The summed E-state index contributed by atoms with van der Waals surface area (Å²) in [6.45, 7) is 2.77. The molecule has 164 valence electrons. The zero-order valence-corrected chi connectivity index (χ0v) is 17.4. The number of H-pyrrole nitrogens is 1. The predicted octanol–water partition coefficient (Wildman–Crippen LogP) is 2.89. The fourth-order valence-corrected chi connectivity index (χ4v) is 5.24. The van der Waals surface area contributed by atoms with Crippen LogP contribution >= 0.6 is 0 Å². The Morgan fingerprint density at radius 3 is 2.53 bits per heavy atom. The zero-order valence-electron chi connectivity index (χ0n) is 16.6. The molecule has 1 saturated heterocycles. The van der Waals surface area contributed by atoms with Crippen molar-refractivity contribution in [2.75, 3.05) is 19.6 Å². The number of aromatic nitrogens is 2. The molecule has 1 aliphatic rings. The number of carbonyl (C=O) groups is 1. The van der Waals surface area contributed by atoms with Crippen LogP contribution in [0.1, 0.15) is 46.1 Å². The van der Waals surface area contributed by atoms with Crippen LogP contribution in [0.4, 0.5) is 13.2 Å². The summed E-state index contributed by atoms with van der Waals surface area (Å²) in [4.78, 5) is 12.1. The first kappa shape index (κ1) is 22.3. The molecule has 0 spiro atoms. The summed E-state index contributed by atoms with van der Waals surface area (Å²) >= 11 is 0. The van der Waals surface area contributed by atoms with Crippen molar-refractivity contribution in [2.45, 2.75) is 43.7 Å². The number of halogens is 3. The normalized spacial score (nSPS) is 16.6. The molecule has 0 bridgehead atoms. The maximum Gasteiger partial charge on any atom is 0.405 e. The highest BCUT2D eigenvalue weighted by Gasteiger charge is 2.32. The molecule has 2 N–H and O–H groups in total. The second-order valence-corrected chi connectivity index (χ2v) is 9.36. The highest BCUT2D eigenvalue weighted by Crippen LogP contribution is 2.31. The van der Waals surface area contributed by atoms with Crippen LogP contribution in [0.25, 0.3) is 0 Å². The van der Waals surface area contributed by atoms with Crippen molar-refractivity contribution in [1.82, 2.24) is 19.8 Å². The Bertz CT molecular complexity index is 1030. The van der Waals surface area contributed by atoms with Gasteiger partial charge in [0, 0.05) is 24.7 Å². The highest BCUT2D eigenvalue weighted by atomic mass is 32.2. The van der Waals surface area contributed by atoms with Gasteiger partial charge in [0.05, 0.1) is 4.90 Å². The fourth-order valence-electron chi connectivity index (χ4n) is 3.46. The number of alkyl halides is 3. The first-order chi connectivity index (χ1) is 14.0. The number of hydrogen-bond acceptors (Lipinski definition) is 4. The van der Waals surface area contributed by atoms with Gasteiger partial charge in [-0.05, 0) is 49.9 Å². The van der Waals surface area contributed by atoms with Crippen molar-refractivity contribution in [3.63, 3.8) is 0 Å². The van der Waals surface area contributed by atoms with Crippen molar-refractivity contribution in [3.8, 4) is 0 Å². The number of hydrogen-bond donors (Lipinski definition) is 2. The molecule has 2 aromatic rings. The van der Waals surface area contributed by atoms with Crippen LogP contribution < -0.4 is 5.32 Å². The van der Waals surface area contributed by atoms with E-state index in [1.807, 2.05) is 13.0 Å². The van der Waals surface area contributed by atoms with Gasteiger partial charge in [0.1, 0.15) is 12.2 Å². The van der Waals surface area contributed by atoms with Gasteiger partial charge in [0.15, 0.2) is 0 Å². The molecule has 0 aliphatic carbocycles. The van der Waals surface area contributed by atoms with Crippen molar-refractivity contribution in [2.24, 2.45) is 0 Å². The number of benzene rings is 1. The van der Waals surface area contributed by atoms with Crippen LogP contribution in [0.2, 0.25) is 0 Å². The summed E-state index contributed by atoms with van der Waals surface area (Å²) in [5.41, 5.74) is 2.03. The van der Waals surface area contributed by atoms with Gasteiger partial charge in [-0.3, -0.25) is 9.89 Å². The first-order valence-electron chi connectivity index (χ1n) is 9.45. The SMILES string of the molecule is Cc1ccc(C)c(S(=O)(=O)N2CCC(c3cc(C(=O)NCC(F)(F)F)n[nH]3)CC2)c1. The second-order valence-electron chi connectivity index (χ2n) is 7.45. The zero-order chi connectivity index (χ0) is 22.1. The summed E-state index contributed by atoms with van der Waals surface area (Å²) in [7, 11) is -3.61. The maximum absolute atomic E-state index is 13.0. The number of piperidine rings is 1. The number of aryl methyl sites for hydroxylation is 2. The van der Waals surface area contributed by atoms with E-state index in [1.165, 1.54) is 10.4 Å². The molecule has 1 amide bonds. The van der Waals surface area contributed by atoms with Crippen LogP contribution in [0.3, 0.4) is 0 Å². The molecule has 2 heterocycles. The van der Waals surface area contributed by atoms with Crippen molar-refractivity contribution in [1.29, 1.82) is 0 Å². The van der Waals surface area contributed by atoms with E-state index >= 15 is 0 Å². The molecule has 0 atom stereocenters. The van der Waals surface area contributed by atoms with Crippen LogP contribution in [0, 0.1) is 13.8 Å². The van der Waals surface area contributed by atoms with E-state index in [2.05, 4.69) is 10.2 Å². The summed E-state index contributed by atoms with van der Waals surface area (Å²) in [6.07, 6.45) is -3.48. The summed E-state index contributed by atoms with van der Waals surface area (Å²) < 4.78 is 64.2. The molecule has 1 aliphatic heterocycles. The van der Waals surface area contributed by atoms with Crippen molar-refractivity contribution in [3.05, 3.63) is 46.8 Å². The Kier molecular flexibility index (Phi) is 6.23. The molecule has 1 aromatic carbocycles. The van der Waals surface area contributed by atoms with E-state index in [4.69, 9.17) is 0 Å². The van der Waals surface area contributed by atoms with Gasteiger partial charge >= 0.3 is 6.18 Å². The van der Waals surface area contributed by atoms with E-state index in [0.717, 1.165) is 5.56 Å². The lowest BCUT2D eigenvalue weighted by Gasteiger charge is -2.31. The molecule has 3 rings (SSSR count). The maximum atomic E-state index is 13.0. The van der Waals surface area contributed by atoms with Crippen LogP contribution in [0.5, 0.6) is 0 Å². The third kappa shape index (κ3) is 5.01. The van der Waals surface area contributed by atoms with Crippen LogP contribution in [0.15, 0.2) is 29.2 Å². The molecule has 0 radical (unpaired) electrons. The van der Waals surface area contributed by atoms with E-state index in [0.29, 0.717) is 42.1 Å². The second kappa shape index (κ2) is 8.38. The average Bonchev–Trinajstić information content (AvgIpc) is 3.18. The van der Waals surface area contributed by atoms with Gasteiger partial charge in [0.25, 0.3) is 5.91 Å². The van der Waals surface area contributed by atoms with Gasteiger partial charge < -0.3 is 5.32 Å². The molecule has 0 unspecified atom stereocenters. The number of rotatable bonds is 5. The van der Waals surface area contributed by atoms with Crippen LogP contribution in [-0.2, 0) is 10.0 Å². The average molecular weight is 444 g/mol. The third-order valence-corrected chi connectivity index (χ3v) is 7.18. The number of aromatic amines is 1. The largest absolute Gasteiger partial charge is 0.405 e. The number of nitrogens with one attached hydrogen (secondary N) is 2. The minimum absolute atomic E-state index is 0.0632. The molecule has 30 heavy (non-hydrogen) atoms. The fraction of sp³-hybridized carbons (Fsp3) is 0.474. The smallest absolute Gasteiger partial charge is 0.342 e. The van der Waals surface area contributed by atoms with E-state index in [9.17, 15) is 26.4 Å². The highest BCUT2D eigenvalue weighted by molar-refractivity contribution is 7.89. The Labute approximate surface area is 172 Å². The minimum atomic E-state index is -4.50. The van der Waals surface area contributed by atoms with Gasteiger partial charge in [0.2, 0.25) is 10.0 Å². The molecule has 1 fully saturated rings. The monoisotopic (exact) mass is 444 g/mol. The molecule has 0 saturated carbocycles. The standard InChI is InChI=1S/C19H23F3N4O3S/c1-12-3-4-13(2)17(9-12)30(28,29)26-7-5-14(6-8-26)15-10-16(25-24-15)18(27)23-11-19(20,21)22/h3-4,9-10,14H,5-8,11H2,1-2H3,(H,23,27)(H,24,25). The lowest BCUT2D eigenvalue weighted by Crippen LogP contribution is -2.38. The van der Waals surface area contributed by atoms with Gasteiger partial charge in [-0.25, -0.2) is 8.42 Å². The Morgan fingerprint density at radius 2 is 1.90 bits per heavy atom. The third-order valence-electron chi connectivity index (χ3n) is 5.13. The number of nitrogens with zero attached hydrogens (tertiary/aromatic N) is 2. The number of carbonyl (C=O) groups excluding carboxylic acids is 1. The van der Waals surface area contributed by atoms with Gasteiger partial charge in [-0.2, -0.15) is 22.6 Å². The van der Waals surface area contributed by atoms with Crippen LogP contribution in [-0.4, -0.2) is 54.6 Å². The molecule has 11 heteroatoms. The Hall–Kier alpha value is -2.40. The number of amides is 1. The van der Waals surface area contributed by atoms with E-state index < -0.39 is 28.7 Å². The molecular weight excluding hydrogens is 421 g/mol. The first-order valence-corrected chi connectivity index (χ1v) is 10.9.